The van der Waals surface area contributed by atoms with Crippen molar-refractivity contribution in [3.63, 3.8) is 0 Å². The first-order valence-corrected chi connectivity index (χ1v) is 7.00. The monoisotopic (exact) mass is 232 g/mol. The van der Waals surface area contributed by atoms with Crippen LogP contribution in [0.1, 0.15) is 56.6 Å². The minimum absolute atomic E-state index is 0.170. The van der Waals surface area contributed by atoms with Crippen molar-refractivity contribution in [1.29, 1.82) is 0 Å². The van der Waals surface area contributed by atoms with Crippen LogP contribution < -0.4 is 0 Å². The smallest absolute Gasteiger partial charge is 0.0634 e. The molecule has 0 fully saturated rings. The van der Waals surface area contributed by atoms with Crippen molar-refractivity contribution in [2.24, 2.45) is 5.92 Å². The van der Waals surface area contributed by atoms with Gasteiger partial charge in [-0.05, 0) is 42.7 Å². The minimum atomic E-state index is -0.170. The van der Waals surface area contributed by atoms with Gasteiger partial charge in [0.15, 0.2) is 0 Å². The van der Waals surface area contributed by atoms with Crippen LogP contribution in [0.15, 0.2) is 24.3 Å². The summed E-state index contributed by atoms with van der Waals surface area (Å²) < 4.78 is 0. The Labute approximate surface area is 105 Å². The van der Waals surface area contributed by atoms with Crippen molar-refractivity contribution in [1.82, 2.24) is 0 Å². The maximum absolute atomic E-state index is 10.5. The van der Waals surface area contributed by atoms with E-state index in [-0.39, 0.29) is 6.10 Å². The molecule has 0 amide bonds. The Morgan fingerprint density at radius 2 is 2.12 bits per heavy atom. The van der Waals surface area contributed by atoms with E-state index in [4.69, 9.17) is 0 Å². The molecule has 0 bridgehead atoms. The molecular weight excluding hydrogens is 208 g/mol. The number of rotatable bonds is 4. The fourth-order valence-corrected chi connectivity index (χ4v) is 3.17. The fraction of sp³-hybridized carbons (Fsp3) is 0.625. The Balaban J connectivity index is 2.17. The molecule has 0 aromatic heterocycles. The molecule has 0 saturated heterocycles. The Morgan fingerprint density at radius 3 is 2.88 bits per heavy atom. The lowest BCUT2D eigenvalue weighted by Gasteiger charge is -2.32. The van der Waals surface area contributed by atoms with Gasteiger partial charge in [-0.1, -0.05) is 44.5 Å². The lowest BCUT2D eigenvalue weighted by molar-refractivity contribution is 0.0772. The molecule has 0 aliphatic heterocycles. The highest BCUT2D eigenvalue weighted by atomic mass is 16.3. The van der Waals surface area contributed by atoms with Crippen molar-refractivity contribution in [3.05, 3.63) is 35.4 Å². The van der Waals surface area contributed by atoms with Crippen molar-refractivity contribution in [2.45, 2.75) is 58.0 Å². The van der Waals surface area contributed by atoms with E-state index in [1.165, 1.54) is 24.0 Å². The van der Waals surface area contributed by atoms with Crippen molar-refractivity contribution in [2.75, 3.05) is 0 Å². The van der Waals surface area contributed by atoms with Crippen LogP contribution in [-0.4, -0.2) is 11.2 Å². The number of hydrogen-bond donors (Lipinski definition) is 1. The minimum Gasteiger partial charge on any atom is -0.392 e. The molecule has 0 saturated carbocycles. The van der Waals surface area contributed by atoms with Crippen LogP contribution in [0.4, 0.5) is 0 Å². The van der Waals surface area contributed by atoms with E-state index < -0.39 is 0 Å². The third kappa shape index (κ3) is 2.71. The summed E-state index contributed by atoms with van der Waals surface area (Å²) in [6.45, 7) is 4.38. The average molecular weight is 232 g/mol. The maximum atomic E-state index is 10.5. The van der Waals surface area contributed by atoms with Gasteiger partial charge in [-0.25, -0.2) is 0 Å². The van der Waals surface area contributed by atoms with Crippen molar-refractivity contribution < 1.29 is 5.11 Å². The molecule has 3 atom stereocenters. The van der Waals surface area contributed by atoms with Gasteiger partial charge in [0.25, 0.3) is 0 Å². The predicted molar refractivity (Wildman–Crippen MR) is 72.2 cm³/mol. The molecule has 3 unspecified atom stereocenters. The van der Waals surface area contributed by atoms with Gasteiger partial charge in [-0.2, -0.15) is 0 Å². The van der Waals surface area contributed by atoms with E-state index in [0.29, 0.717) is 11.8 Å². The Morgan fingerprint density at radius 1 is 1.35 bits per heavy atom. The normalized spacial score (nSPS) is 22.9. The molecule has 1 aromatic carbocycles. The number of aliphatic hydroxyl groups is 1. The van der Waals surface area contributed by atoms with Crippen LogP contribution in [0.5, 0.6) is 0 Å². The first-order valence-electron chi connectivity index (χ1n) is 7.00. The molecule has 0 radical (unpaired) electrons. The molecule has 1 aliphatic rings. The largest absolute Gasteiger partial charge is 0.392 e. The molecular formula is C16H24O. The SMILES string of the molecule is CCCC(C)C(O)C1CCCc2ccccc21. The highest BCUT2D eigenvalue weighted by Gasteiger charge is 2.29. The predicted octanol–water partition coefficient (Wildman–Crippen LogP) is 3.90. The van der Waals surface area contributed by atoms with E-state index in [2.05, 4.69) is 38.1 Å². The zero-order valence-corrected chi connectivity index (χ0v) is 11.0. The fourth-order valence-electron chi connectivity index (χ4n) is 3.17. The molecule has 0 heterocycles. The highest BCUT2D eigenvalue weighted by molar-refractivity contribution is 5.33. The summed E-state index contributed by atoms with van der Waals surface area (Å²) in [6.07, 6.45) is 5.66. The molecule has 2 rings (SSSR count). The number of aryl methyl sites for hydroxylation is 1. The summed E-state index contributed by atoms with van der Waals surface area (Å²) in [5.74, 6) is 0.776. The number of benzene rings is 1. The summed E-state index contributed by atoms with van der Waals surface area (Å²) in [6, 6.07) is 8.65. The van der Waals surface area contributed by atoms with Gasteiger partial charge in [-0.15, -0.1) is 0 Å². The second-order valence-electron chi connectivity index (χ2n) is 5.45. The second-order valence-corrected chi connectivity index (χ2v) is 5.45. The zero-order valence-electron chi connectivity index (χ0n) is 11.0. The van der Waals surface area contributed by atoms with Crippen LogP contribution >= 0.6 is 0 Å². The summed E-state index contributed by atoms with van der Waals surface area (Å²) in [5, 5.41) is 10.5. The van der Waals surface area contributed by atoms with E-state index in [0.717, 1.165) is 19.3 Å². The quantitative estimate of drug-likeness (QED) is 0.834. The van der Waals surface area contributed by atoms with E-state index in [1.54, 1.807) is 0 Å². The Hall–Kier alpha value is -0.820. The van der Waals surface area contributed by atoms with Crippen LogP contribution in [0, 0.1) is 5.92 Å². The average Bonchev–Trinajstić information content (AvgIpc) is 2.37. The third-order valence-electron chi connectivity index (χ3n) is 4.16. The van der Waals surface area contributed by atoms with Crippen LogP contribution in [0.2, 0.25) is 0 Å². The van der Waals surface area contributed by atoms with Gasteiger partial charge in [-0.3, -0.25) is 0 Å². The van der Waals surface area contributed by atoms with Crippen LogP contribution in [-0.2, 0) is 6.42 Å². The van der Waals surface area contributed by atoms with Gasteiger partial charge in [0.1, 0.15) is 0 Å². The molecule has 1 N–H and O–H groups in total. The third-order valence-corrected chi connectivity index (χ3v) is 4.16. The van der Waals surface area contributed by atoms with Gasteiger partial charge >= 0.3 is 0 Å². The van der Waals surface area contributed by atoms with Gasteiger partial charge in [0.2, 0.25) is 0 Å². The van der Waals surface area contributed by atoms with Crippen molar-refractivity contribution >= 4 is 0 Å². The second kappa shape index (κ2) is 5.68. The standard InChI is InChI=1S/C16H24O/c1-3-7-12(2)16(17)15-11-6-9-13-8-4-5-10-14(13)15/h4-5,8,10,12,15-17H,3,6-7,9,11H2,1-2H3. The lowest BCUT2D eigenvalue weighted by Crippen LogP contribution is -2.28. The van der Waals surface area contributed by atoms with Crippen LogP contribution in [0.3, 0.4) is 0 Å². The molecule has 0 spiro atoms. The highest BCUT2D eigenvalue weighted by Crippen LogP contribution is 2.36. The van der Waals surface area contributed by atoms with Gasteiger partial charge in [0, 0.05) is 5.92 Å². The van der Waals surface area contributed by atoms with E-state index in [9.17, 15) is 5.11 Å². The summed E-state index contributed by atoms with van der Waals surface area (Å²) >= 11 is 0. The van der Waals surface area contributed by atoms with Crippen LogP contribution in [0.25, 0.3) is 0 Å². The number of aliphatic hydroxyl groups excluding tert-OH is 1. The number of fused-ring (bicyclic) bond motifs is 1. The molecule has 1 nitrogen and oxygen atoms in total. The lowest BCUT2D eigenvalue weighted by atomic mass is 9.76. The van der Waals surface area contributed by atoms with Gasteiger partial charge < -0.3 is 5.11 Å². The van der Waals surface area contributed by atoms with Crippen molar-refractivity contribution in [3.8, 4) is 0 Å². The Bertz CT molecular complexity index is 358. The maximum Gasteiger partial charge on any atom is 0.0634 e. The topological polar surface area (TPSA) is 20.2 Å². The number of hydrogen-bond acceptors (Lipinski definition) is 1. The molecule has 17 heavy (non-hydrogen) atoms. The zero-order chi connectivity index (χ0) is 12.3. The molecule has 1 heteroatoms. The first-order chi connectivity index (χ1) is 8.24. The molecule has 94 valence electrons. The summed E-state index contributed by atoms with van der Waals surface area (Å²) in [4.78, 5) is 0. The first kappa shape index (κ1) is 12.6. The summed E-state index contributed by atoms with van der Waals surface area (Å²) in [5.41, 5.74) is 2.85. The van der Waals surface area contributed by atoms with E-state index in [1.807, 2.05) is 0 Å². The molecule has 1 aromatic rings. The molecule has 1 aliphatic carbocycles. The van der Waals surface area contributed by atoms with E-state index >= 15 is 0 Å². The Kier molecular flexibility index (Phi) is 4.22. The summed E-state index contributed by atoms with van der Waals surface area (Å²) in [7, 11) is 0. The van der Waals surface area contributed by atoms with Gasteiger partial charge in [0.05, 0.1) is 6.10 Å².